The van der Waals surface area contributed by atoms with Crippen LogP contribution in [0.1, 0.15) is 88.0 Å². The fraction of sp³-hybridized carbons (Fsp3) is 0.750. The molecular weight excluding hydrogens is 254 g/mol. The van der Waals surface area contributed by atoms with Crippen molar-refractivity contribution in [3.05, 3.63) is 16.6 Å². The van der Waals surface area contributed by atoms with E-state index in [0.717, 1.165) is 6.42 Å². The van der Waals surface area contributed by atoms with Crippen LogP contribution in [0.2, 0.25) is 0 Å². The molecule has 0 aliphatic carbocycles. The van der Waals surface area contributed by atoms with Crippen molar-refractivity contribution in [2.45, 2.75) is 77.6 Å². The maximum absolute atomic E-state index is 11.7. The topological polar surface area (TPSA) is 30.0 Å². The highest BCUT2D eigenvalue weighted by molar-refractivity contribution is 7.07. The smallest absolute Gasteiger partial charge is 0.182 e. The number of Topliss-reactive ketones (excluding diaryl/α,β-unsaturated/α-hetero) is 1. The van der Waals surface area contributed by atoms with Gasteiger partial charge in [-0.3, -0.25) is 4.79 Å². The molecule has 0 radical (unpaired) electrons. The molecule has 1 aromatic heterocycles. The summed E-state index contributed by atoms with van der Waals surface area (Å²) < 4.78 is 0. The molecule has 0 atom stereocenters. The summed E-state index contributed by atoms with van der Waals surface area (Å²) in [6.45, 7) is 2.26. The van der Waals surface area contributed by atoms with E-state index in [1.54, 1.807) is 5.51 Å². The molecule has 0 aliphatic heterocycles. The van der Waals surface area contributed by atoms with Crippen LogP contribution in [0.3, 0.4) is 0 Å². The second kappa shape index (κ2) is 11.2. The maximum Gasteiger partial charge on any atom is 0.182 e. The molecule has 1 heterocycles. The van der Waals surface area contributed by atoms with Crippen LogP contribution in [0, 0.1) is 0 Å². The average Bonchev–Trinajstić information content (AvgIpc) is 2.95. The Hall–Kier alpha value is -0.700. The Balaban J connectivity index is 1.85. The average molecular weight is 281 g/mol. The van der Waals surface area contributed by atoms with E-state index in [9.17, 15) is 4.79 Å². The first kappa shape index (κ1) is 16.4. The summed E-state index contributed by atoms with van der Waals surface area (Å²) >= 11 is 1.49. The van der Waals surface area contributed by atoms with Crippen LogP contribution in [0.5, 0.6) is 0 Å². The fourth-order valence-corrected chi connectivity index (χ4v) is 2.81. The van der Waals surface area contributed by atoms with Crippen LogP contribution in [0.15, 0.2) is 10.9 Å². The highest BCUT2D eigenvalue weighted by Gasteiger charge is 2.06. The van der Waals surface area contributed by atoms with Gasteiger partial charge in [-0.25, -0.2) is 4.98 Å². The van der Waals surface area contributed by atoms with Crippen LogP contribution < -0.4 is 0 Å². The zero-order chi connectivity index (χ0) is 13.8. The van der Waals surface area contributed by atoms with Gasteiger partial charge < -0.3 is 0 Å². The van der Waals surface area contributed by atoms with Crippen LogP contribution in [-0.2, 0) is 0 Å². The molecular formula is C16H27NOS. The molecule has 0 bridgehead atoms. The predicted molar refractivity (Wildman–Crippen MR) is 82.9 cm³/mol. The predicted octanol–water partition coefficient (Wildman–Crippen LogP) is 5.64. The highest BCUT2D eigenvalue weighted by atomic mass is 32.1. The van der Waals surface area contributed by atoms with Gasteiger partial charge in [0.25, 0.3) is 0 Å². The van der Waals surface area contributed by atoms with E-state index in [1.165, 1.54) is 69.1 Å². The third kappa shape index (κ3) is 8.14. The van der Waals surface area contributed by atoms with Crippen molar-refractivity contribution in [3.8, 4) is 0 Å². The first-order chi connectivity index (χ1) is 9.34. The van der Waals surface area contributed by atoms with Gasteiger partial charge in [0.15, 0.2) is 5.78 Å². The van der Waals surface area contributed by atoms with Gasteiger partial charge in [-0.1, -0.05) is 64.7 Å². The normalized spacial score (nSPS) is 10.8. The lowest BCUT2D eigenvalue weighted by Crippen LogP contribution is -1.98. The second-order valence-corrected chi connectivity index (χ2v) is 5.95. The Morgan fingerprint density at radius 2 is 1.58 bits per heavy atom. The van der Waals surface area contributed by atoms with Gasteiger partial charge in [0.1, 0.15) is 5.69 Å². The molecule has 0 unspecified atom stereocenters. The van der Waals surface area contributed by atoms with Crippen LogP contribution in [0.4, 0.5) is 0 Å². The first-order valence-corrected chi connectivity index (χ1v) is 8.70. The van der Waals surface area contributed by atoms with Crippen molar-refractivity contribution in [2.75, 3.05) is 0 Å². The summed E-state index contributed by atoms with van der Waals surface area (Å²) in [7, 11) is 0. The minimum absolute atomic E-state index is 0.209. The number of aromatic nitrogens is 1. The standard InChI is InChI=1S/C16H27NOS/c1-2-3-4-5-6-7-8-9-10-11-12-16(18)15-13-19-14-17-15/h13-14H,2-12H2,1H3. The number of thiazole rings is 1. The Morgan fingerprint density at radius 1 is 1.00 bits per heavy atom. The van der Waals surface area contributed by atoms with E-state index in [2.05, 4.69) is 11.9 Å². The van der Waals surface area contributed by atoms with E-state index in [-0.39, 0.29) is 5.78 Å². The molecule has 1 rings (SSSR count). The zero-order valence-electron chi connectivity index (χ0n) is 12.2. The third-order valence-corrected chi connectivity index (χ3v) is 4.06. The molecule has 2 nitrogen and oxygen atoms in total. The van der Waals surface area contributed by atoms with Crippen LogP contribution in [0.25, 0.3) is 0 Å². The molecule has 19 heavy (non-hydrogen) atoms. The molecule has 0 spiro atoms. The van der Waals surface area contributed by atoms with Gasteiger partial charge >= 0.3 is 0 Å². The second-order valence-electron chi connectivity index (χ2n) is 5.23. The van der Waals surface area contributed by atoms with E-state index in [0.29, 0.717) is 12.1 Å². The number of nitrogens with zero attached hydrogens (tertiary/aromatic N) is 1. The number of hydrogen-bond acceptors (Lipinski definition) is 3. The van der Waals surface area contributed by atoms with Crippen molar-refractivity contribution < 1.29 is 4.79 Å². The van der Waals surface area contributed by atoms with Gasteiger partial charge in [0.05, 0.1) is 5.51 Å². The maximum atomic E-state index is 11.7. The molecule has 0 saturated carbocycles. The first-order valence-electron chi connectivity index (χ1n) is 7.76. The van der Waals surface area contributed by atoms with E-state index < -0.39 is 0 Å². The summed E-state index contributed by atoms with van der Waals surface area (Å²) in [6.07, 6.45) is 13.7. The monoisotopic (exact) mass is 281 g/mol. The molecule has 0 saturated heterocycles. The van der Waals surface area contributed by atoms with E-state index in [4.69, 9.17) is 0 Å². The van der Waals surface area contributed by atoms with Gasteiger partial charge in [0.2, 0.25) is 0 Å². The minimum atomic E-state index is 0.209. The molecule has 0 fully saturated rings. The molecule has 108 valence electrons. The molecule has 3 heteroatoms. The highest BCUT2D eigenvalue weighted by Crippen LogP contribution is 2.13. The van der Waals surface area contributed by atoms with Crippen LogP contribution in [-0.4, -0.2) is 10.8 Å². The fourth-order valence-electron chi connectivity index (χ4n) is 2.25. The lowest BCUT2D eigenvalue weighted by Gasteiger charge is -2.01. The van der Waals surface area contributed by atoms with Gasteiger partial charge in [-0.2, -0.15) is 0 Å². The lowest BCUT2D eigenvalue weighted by atomic mass is 10.0. The summed E-state index contributed by atoms with van der Waals surface area (Å²) in [5.74, 6) is 0.209. The van der Waals surface area contributed by atoms with E-state index in [1.807, 2.05) is 5.38 Å². The van der Waals surface area contributed by atoms with Crippen molar-refractivity contribution >= 4 is 17.1 Å². The Labute approximate surface area is 121 Å². The van der Waals surface area contributed by atoms with Gasteiger partial charge in [-0.15, -0.1) is 11.3 Å². The number of ketones is 1. The van der Waals surface area contributed by atoms with Crippen molar-refractivity contribution in [3.63, 3.8) is 0 Å². The molecule has 0 amide bonds. The summed E-state index contributed by atoms with van der Waals surface area (Å²) in [5.41, 5.74) is 2.38. The molecule has 0 aliphatic rings. The molecule has 1 aromatic rings. The zero-order valence-corrected chi connectivity index (χ0v) is 13.0. The van der Waals surface area contributed by atoms with Crippen molar-refractivity contribution in [2.24, 2.45) is 0 Å². The molecule has 0 N–H and O–H groups in total. The SMILES string of the molecule is CCCCCCCCCCCCC(=O)c1cscn1. The third-order valence-electron chi connectivity index (χ3n) is 3.48. The Morgan fingerprint density at radius 3 is 2.11 bits per heavy atom. The summed E-state index contributed by atoms with van der Waals surface area (Å²) in [4.78, 5) is 15.7. The van der Waals surface area contributed by atoms with Gasteiger partial charge in [-0.05, 0) is 6.42 Å². The van der Waals surface area contributed by atoms with E-state index >= 15 is 0 Å². The number of carbonyl (C=O) groups is 1. The minimum Gasteiger partial charge on any atom is -0.292 e. The summed E-state index contributed by atoms with van der Waals surface area (Å²) in [5, 5.41) is 1.85. The van der Waals surface area contributed by atoms with Crippen molar-refractivity contribution in [1.82, 2.24) is 4.98 Å². The number of unbranched alkanes of at least 4 members (excludes halogenated alkanes) is 9. The lowest BCUT2D eigenvalue weighted by molar-refractivity contribution is 0.0975. The Bertz CT molecular complexity index is 321. The van der Waals surface area contributed by atoms with Crippen molar-refractivity contribution in [1.29, 1.82) is 0 Å². The number of rotatable bonds is 12. The number of carbonyl (C=O) groups excluding carboxylic acids is 1. The number of hydrogen-bond donors (Lipinski definition) is 0. The Kier molecular flexibility index (Phi) is 9.60. The van der Waals surface area contributed by atoms with Crippen LogP contribution >= 0.6 is 11.3 Å². The summed E-state index contributed by atoms with van der Waals surface area (Å²) in [6, 6.07) is 0. The largest absolute Gasteiger partial charge is 0.292 e. The quantitative estimate of drug-likeness (QED) is 0.367. The van der Waals surface area contributed by atoms with Gasteiger partial charge in [0, 0.05) is 11.8 Å². The molecule has 0 aromatic carbocycles.